The summed E-state index contributed by atoms with van der Waals surface area (Å²) < 4.78 is 0. The maximum Gasteiger partial charge on any atom is 0.145 e. The van der Waals surface area contributed by atoms with E-state index in [1.165, 1.54) is 0 Å². The SMILES string of the molecule is O[C@@H]1[C@@H](O)[C@H](O)[C@@]2(O)CC[C@@H]1N2. The molecule has 0 aromatic heterocycles. The summed E-state index contributed by atoms with van der Waals surface area (Å²) in [7, 11) is 0. The number of hydrogen-bond donors (Lipinski definition) is 5. The van der Waals surface area contributed by atoms with Crippen LogP contribution < -0.4 is 5.32 Å². The van der Waals surface area contributed by atoms with E-state index >= 15 is 0 Å². The Morgan fingerprint density at radius 3 is 2.50 bits per heavy atom. The third kappa shape index (κ3) is 0.915. The van der Waals surface area contributed by atoms with Crippen LogP contribution in [0.25, 0.3) is 0 Å². The van der Waals surface area contributed by atoms with Gasteiger partial charge in [0, 0.05) is 6.04 Å². The van der Waals surface area contributed by atoms with Crippen LogP contribution in [0, 0.1) is 0 Å². The van der Waals surface area contributed by atoms with Crippen LogP contribution >= 0.6 is 0 Å². The number of aliphatic hydroxyl groups excluding tert-OH is 3. The number of nitrogens with one attached hydrogen (secondary N) is 1. The molecule has 2 aliphatic rings. The number of fused-ring (bicyclic) bond motifs is 2. The topological polar surface area (TPSA) is 93.0 Å². The van der Waals surface area contributed by atoms with Gasteiger partial charge in [0.1, 0.15) is 17.9 Å². The highest BCUT2D eigenvalue weighted by Gasteiger charge is 2.55. The van der Waals surface area contributed by atoms with Gasteiger partial charge < -0.3 is 20.4 Å². The average Bonchev–Trinajstić information content (AvgIpc) is 2.41. The minimum atomic E-state index is -1.40. The molecule has 2 bridgehead atoms. The Bertz CT molecular complexity index is 200. The van der Waals surface area contributed by atoms with Crippen LogP contribution in [0.15, 0.2) is 0 Å². The highest BCUT2D eigenvalue weighted by molar-refractivity contribution is 5.07. The lowest BCUT2D eigenvalue weighted by molar-refractivity contribution is -0.186. The number of aliphatic hydroxyl groups is 4. The lowest BCUT2D eigenvalue weighted by Gasteiger charge is -2.40. The van der Waals surface area contributed by atoms with Crippen LogP contribution in [-0.4, -0.2) is 50.5 Å². The summed E-state index contributed by atoms with van der Waals surface area (Å²) in [5, 5.41) is 40.4. The maximum atomic E-state index is 9.65. The molecule has 12 heavy (non-hydrogen) atoms. The Labute approximate surface area is 69.6 Å². The largest absolute Gasteiger partial charge is 0.389 e. The summed E-state index contributed by atoms with van der Waals surface area (Å²) in [6.45, 7) is 0. The van der Waals surface area contributed by atoms with Crippen LogP contribution in [-0.2, 0) is 0 Å². The molecule has 5 nitrogen and oxygen atoms in total. The zero-order chi connectivity index (χ0) is 8.93. The first-order chi connectivity index (χ1) is 5.54. The standard InChI is InChI=1S/C7H13NO4/c9-4-3-1-2-7(12,8-3)6(11)5(4)10/h3-6,8-12H,1-2H2/t3-,4-,5+,6-,7-/m0/s1. The molecule has 5 heteroatoms. The summed E-state index contributed by atoms with van der Waals surface area (Å²) in [6, 6.07) is -0.298. The van der Waals surface area contributed by atoms with Crippen LogP contribution in [0.2, 0.25) is 0 Å². The molecule has 0 amide bonds. The van der Waals surface area contributed by atoms with Crippen molar-refractivity contribution in [1.82, 2.24) is 5.32 Å². The van der Waals surface area contributed by atoms with E-state index in [2.05, 4.69) is 5.32 Å². The molecule has 0 aromatic carbocycles. The highest BCUT2D eigenvalue weighted by atomic mass is 16.4. The van der Waals surface area contributed by atoms with Crippen LogP contribution in [0.3, 0.4) is 0 Å². The Hall–Kier alpha value is -0.200. The minimum absolute atomic E-state index is 0.298. The second-order valence-corrected chi connectivity index (χ2v) is 3.64. The van der Waals surface area contributed by atoms with E-state index in [9.17, 15) is 20.4 Å². The first-order valence-electron chi connectivity index (χ1n) is 4.09. The molecule has 0 saturated carbocycles. The van der Waals surface area contributed by atoms with E-state index < -0.39 is 24.0 Å². The van der Waals surface area contributed by atoms with Crippen LogP contribution in [0.1, 0.15) is 12.8 Å². The number of piperidine rings is 1. The zero-order valence-corrected chi connectivity index (χ0v) is 6.51. The lowest BCUT2D eigenvalue weighted by atomic mass is 9.94. The fourth-order valence-corrected chi connectivity index (χ4v) is 2.04. The molecule has 2 heterocycles. The van der Waals surface area contributed by atoms with Gasteiger partial charge in [-0.2, -0.15) is 0 Å². The van der Waals surface area contributed by atoms with Crippen molar-refractivity contribution in [2.24, 2.45) is 0 Å². The second-order valence-electron chi connectivity index (χ2n) is 3.64. The van der Waals surface area contributed by atoms with E-state index in [0.717, 1.165) is 0 Å². The van der Waals surface area contributed by atoms with E-state index in [1.54, 1.807) is 0 Å². The molecular formula is C7H13NO4. The van der Waals surface area contributed by atoms with Crippen LogP contribution in [0.5, 0.6) is 0 Å². The number of rotatable bonds is 0. The van der Waals surface area contributed by atoms with Crippen molar-refractivity contribution in [2.45, 2.75) is 42.9 Å². The van der Waals surface area contributed by atoms with Gasteiger partial charge in [-0.25, -0.2) is 0 Å². The zero-order valence-electron chi connectivity index (χ0n) is 6.51. The summed E-state index contributed by atoms with van der Waals surface area (Å²) in [4.78, 5) is 0. The molecule has 0 radical (unpaired) electrons. The summed E-state index contributed by atoms with van der Waals surface area (Å²) in [5.74, 6) is 0. The van der Waals surface area contributed by atoms with Gasteiger partial charge in [-0.05, 0) is 12.8 Å². The van der Waals surface area contributed by atoms with Gasteiger partial charge in [-0.15, -0.1) is 0 Å². The predicted molar refractivity (Wildman–Crippen MR) is 39.1 cm³/mol. The molecule has 2 saturated heterocycles. The first-order valence-corrected chi connectivity index (χ1v) is 4.09. The summed E-state index contributed by atoms with van der Waals surface area (Å²) in [5.41, 5.74) is -1.40. The predicted octanol–water partition coefficient (Wildman–Crippen LogP) is -2.48. The van der Waals surface area contributed by atoms with E-state index in [1.807, 2.05) is 0 Å². The Morgan fingerprint density at radius 2 is 1.83 bits per heavy atom. The van der Waals surface area contributed by atoms with E-state index in [0.29, 0.717) is 12.8 Å². The van der Waals surface area contributed by atoms with Crippen LogP contribution in [0.4, 0.5) is 0 Å². The molecule has 70 valence electrons. The average molecular weight is 175 g/mol. The van der Waals surface area contributed by atoms with Crippen molar-refractivity contribution in [3.05, 3.63) is 0 Å². The summed E-state index contributed by atoms with van der Waals surface area (Å²) >= 11 is 0. The van der Waals surface area contributed by atoms with Crippen molar-refractivity contribution in [3.8, 4) is 0 Å². The smallest absolute Gasteiger partial charge is 0.145 e. The molecule has 5 atom stereocenters. The quantitative estimate of drug-likeness (QED) is 0.281. The minimum Gasteiger partial charge on any atom is -0.389 e. The van der Waals surface area contributed by atoms with Gasteiger partial charge in [0.05, 0.1) is 6.10 Å². The van der Waals surface area contributed by atoms with Gasteiger partial charge in [0.15, 0.2) is 0 Å². The molecule has 2 aliphatic heterocycles. The molecule has 2 rings (SSSR count). The van der Waals surface area contributed by atoms with E-state index in [-0.39, 0.29) is 6.04 Å². The van der Waals surface area contributed by atoms with Crippen molar-refractivity contribution in [1.29, 1.82) is 0 Å². The van der Waals surface area contributed by atoms with Crippen molar-refractivity contribution in [3.63, 3.8) is 0 Å². The summed E-state index contributed by atoms with van der Waals surface area (Å²) in [6.07, 6.45) is -2.59. The van der Waals surface area contributed by atoms with Gasteiger partial charge in [-0.3, -0.25) is 5.32 Å². The molecule has 0 aliphatic carbocycles. The van der Waals surface area contributed by atoms with Crippen molar-refractivity contribution in [2.75, 3.05) is 0 Å². The van der Waals surface area contributed by atoms with Gasteiger partial charge in [0.2, 0.25) is 0 Å². The fourth-order valence-electron chi connectivity index (χ4n) is 2.04. The van der Waals surface area contributed by atoms with Gasteiger partial charge in [-0.1, -0.05) is 0 Å². The highest BCUT2D eigenvalue weighted by Crippen LogP contribution is 2.34. The molecule has 5 N–H and O–H groups in total. The van der Waals surface area contributed by atoms with Gasteiger partial charge >= 0.3 is 0 Å². The molecule has 0 aromatic rings. The molecule has 0 unspecified atom stereocenters. The second kappa shape index (κ2) is 2.40. The lowest BCUT2D eigenvalue weighted by Crippen LogP contribution is -2.67. The monoisotopic (exact) mass is 175 g/mol. The van der Waals surface area contributed by atoms with E-state index in [4.69, 9.17) is 0 Å². The van der Waals surface area contributed by atoms with Crippen molar-refractivity contribution < 1.29 is 20.4 Å². The normalized spacial score (nSPS) is 59.0. The first kappa shape index (κ1) is 8.40. The van der Waals surface area contributed by atoms with Crippen molar-refractivity contribution >= 4 is 0 Å². The third-order valence-electron chi connectivity index (χ3n) is 2.85. The third-order valence-corrected chi connectivity index (χ3v) is 2.85. The molecular weight excluding hydrogens is 162 g/mol. The molecule has 0 spiro atoms. The Balaban J connectivity index is 2.25. The maximum absolute atomic E-state index is 9.65. The Kier molecular flexibility index (Phi) is 1.68. The molecule has 2 fully saturated rings. The van der Waals surface area contributed by atoms with Gasteiger partial charge in [0.25, 0.3) is 0 Å². The number of hydrogen-bond acceptors (Lipinski definition) is 5. The fraction of sp³-hybridized carbons (Fsp3) is 1.00. The Morgan fingerprint density at radius 1 is 1.17 bits per heavy atom.